The zero-order chi connectivity index (χ0) is 15.6. The Bertz CT molecular complexity index is 367. The van der Waals surface area contributed by atoms with E-state index in [9.17, 15) is 5.11 Å². The molecule has 0 aliphatic heterocycles. The standard InChI is InChI=1S/C18H31NO2/c1-4-5-9-13-21-14-12-18(15-20,19-16(2)3)17-10-7-6-8-11-17/h6-8,10-11,16,19-20H,4-5,9,12-15H2,1-3H3. The fourth-order valence-corrected chi connectivity index (χ4v) is 2.63. The van der Waals surface area contributed by atoms with E-state index in [0.717, 1.165) is 25.0 Å². The number of ether oxygens (including phenoxy) is 1. The van der Waals surface area contributed by atoms with Crippen molar-refractivity contribution >= 4 is 0 Å². The molecule has 1 rings (SSSR count). The fourth-order valence-electron chi connectivity index (χ4n) is 2.63. The molecule has 0 radical (unpaired) electrons. The van der Waals surface area contributed by atoms with Crippen LogP contribution >= 0.6 is 0 Å². The Kier molecular flexibility index (Phi) is 8.58. The van der Waals surface area contributed by atoms with Gasteiger partial charge in [-0.3, -0.25) is 0 Å². The lowest BCUT2D eigenvalue weighted by molar-refractivity contribution is 0.0730. The fraction of sp³-hybridized carbons (Fsp3) is 0.667. The molecule has 0 fully saturated rings. The Morgan fingerprint density at radius 1 is 1.14 bits per heavy atom. The molecule has 1 aromatic rings. The number of hydrogen-bond donors (Lipinski definition) is 2. The van der Waals surface area contributed by atoms with Crippen LogP contribution in [0.3, 0.4) is 0 Å². The summed E-state index contributed by atoms with van der Waals surface area (Å²) < 4.78 is 5.75. The second-order valence-electron chi connectivity index (χ2n) is 5.97. The maximum absolute atomic E-state index is 10.0. The van der Waals surface area contributed by atoms with Crippen molar-refractivity contribution < 1.29 is 9.84 Å². The number of unbranched alkanes of at least 4 members (excludes halogenated alkanes) is 2. The first-order valence-electron chi connectivity index (χ1n) is 8.16. The molecule has 0 bridgehead atoms. The van der Waals surface area contributed by atoms with Crippen molar-refractivity contribution in [3.63, 3.8) is 0 Å². The van der Waals surface area contributed by atoms with Crippen LogP contribution in [0, 0.1) is 0 Å². The van der Waals surface area contributed by atoms with E-state index in [1.807, 2.05) is 18.2 Å². The van der Waals surface area contributed by atoms with E-state index in [-0.39, 0.29) is 6.61 Å². The summed E-state index contributed by atoms with van der Waals surface area (Å²) in [6, 6.07) is 10.5. The van der Waals surface area contributed by atoms with Crippen LogP contribution in [0.1, 0.15) is 52.0 Å². The van der Waals surface area contributed by atoms with Crippen LogP contribution in [-0.4, -0.2) is 31.0 Å². The third-order valence-corrected chi connectivity index (χ3v) is 3.73. The molecule has 3 nitrogen and oxygen atoms in total. The first-order valence-corrected chi connectivity index (χ1v) is 8.16. The highest BCUT2D eigenvalue weighted by Crippen LogP contribution is 2.25. The predicted octanol–water partition coefficient (Wildman–Crippen LogP) is 3.47. The summed E-state index contributed by atoms with van der Waals surface area (Å²) in [7, 11) is 0. The number of hydrogen-bond acceptors (Lipinski definition) is 3. The van der Waals surface area contributed by atoms with Gasteiger partial charge in [-0.15, -0.1) is 0 Å². The molecule has 120 valence electrons. The molecule has 1 unspecified atom stereocenters. The monoisotopic (exact) mass is 293 g/mol. The van der Waals surface area contributed by atoms with Gasteiger partial charge in [-0.1, -0.05) is 50.1 Å². The van der Waals surface area contributed by atoms with E-state index in [1.54, 1.807) is 0 Å². The van der Waals surface area contributed by atoms with Crippen molar-refractivity contribution in [3.8, 4) is 0 Å². The van der Waals surface area contributed by atoms with Crippen LogP contribution in [0.5, 0.6) is 0 Å². The first-order chi connectivity index (χ1) is 10.1. The topological polar surface area (TPSA) is 41.5 Å². The van der Waals surface area contributed by atoms with E-state index < -0.39 is 5.54 Å². The third-order valence-electron chi connectivity index (χ3n) is 3.73. The first kappa shape index (κ1) is 18.1. The van der Waals surface area contributed by atoms with Gasteiger partial charge in [0.15, 0.2) is 0 Å². The Labute approximate surface area is 129 Å². The Balaban J connectivity index is 2.64. The molecule has 0 spiro atoms. The Hall–Kier alpha value is -0.900. The molecule has 1 aromatic carbocycles. The van der Waals surface area contributed by atoms with E-state index in [1.165, 1.54) is 12.8 Å². The number of nitrogens with one attached hydrogen (secondary N) is 1. The summed E-state index contributed by atoms with van der Waals surface area (Å²) in [5.41, 5.74) is 0.707. The highest BCUT2D eigenvalue weighted by molar-refractivity contribution is 5.25. The molecule has 0 amide bonds. The molecular formula is C18H31NO2. The molecule has 2 N–H and O–H groups in total. The van der Waals surface area contributed by atoms with Gasteiger partial charge in [0, 0.05) is 19.3 Å². The average Bonchev–Trinajstić information content (AvgIpc) is 2.50. The highest BCUT2D eigenvalue weighted by Gasteiger charge is 2.31. The van der Waals surface area contributed by atoms with Gasteiger partial charge in [-0.05, 0) is 32.3 Å². The summed E-state index contributed by atoms with van der Waals surface area (Å²) in [5, 5.41) is 13.5. The molecule has 0 saturated carbocycles. The molecular weight excluding hydrogens is 262 g/mol. The van der Waals surface area contributed by atoms with Crippen molar-refractivity contribution in [1.82, 2.24) is 5.32 Å². The normalized spacial score (nSPS) is 14.3. The Morgan fingerprint density at radius 3 is 2.43 bits per heavy atom. The van der Waals surface area contributed by atoms with Gasteiger partial charge in [0.25, 0.3) is 0 Å². The van der Waals surface area contributed by atoms with Crippen LogP contribution in [0.4, 0.5) is 0 Å². The maximum Gasteiger partial charge on any atom is 0.0693 e. The molecule has 3 heteroatoms. The van der Waals surface area contributed by atoms with E-state index >= 15 is 0 Å². The average molecular weight is 293 g/mol. The number of aliphatic hydroxyl groups is 1. The van der Waals surface area contributed by atoms with Crippen molar-refractivity contribution in [2.75, 3.05) is 19.8 Å². The lowest BCUT2D eigenvalue weighted by Gasteiger charge is -2.35. The van der Waals surface area contributed by atoms with Crippen molar-refractivity contribution in [3.05, 3.63) is 35.9 Å². The Morgan fingerprint density at radius 2 is 1.86 bits per heavy atom. The second-order valence-corrected chi connectivity index (χ2v) is 5.97. The quantitative estimate of drug-likeness (QED) is 0.614. The maximum atomic E-state index is 10.0. The molecule has 0 heterocycles. The van der Waals surface area contributed by atoms with E-state index in [4.69, 9.17) is 4.74 Å². The summed E-state index contributed by atoms with van der Waals surface area (Å²) in [4.78, 5) is 0. The molecule has 0 aliphatic carbocycles. The molecule has 21 heavy (non-hydrogen) atoms. The van der Waals surface area contributed by atoms with Gasteiger partial charge in [-0.25, -0.2) is 0 Å². The van der Waals surface area contributed by atoms with Gasteiger partial charge < -0.3 is 15.2 Å². The molecule has 0 saturated heterocycles. The van der Waals surface area contributed by atoms with Crippen LogP contribution in [0.15, 0.2) is 30.3 Å². The third kappa shape index (κ3) is 6.16. The van der Waals surface area contributed by atoms with Crippen LogP contribution in [-0.2, 0) is 10.3 Å². The highest BCUT2D eigenvalue weighted by atomic mass is 16.5. The van der Waals surface area contributed by atoms with E-state index in [0.29, 0.717) is 12.6 Å². The van der Waals surface area contributed by atoms with Crippen LogP contribution < -0.4 is 5.32 Å². The second kappa shape index (κ2) is 9.93. The minimum Gasteiger partial charge on any atom is -0.394 e. The predicted molar refractivity (Wildman–Crippen MR) is 88.4 cm³/mol. The van der Waals surface area contributed by atoms with Crippen LogP contribution in [0.25, 0.3) is 0 Å². The SMILES string of the molecule is CCCCCOCCC(CO)(NC(C)C)c1ccccc1. The van der Waals surface area contributed by atoms with Crippen molar-refractivity contribution in [2.24, 2.45) is 0 Å². The molecule has 0 aliphatic rings. The number of benzene rings is 1. The number of rotatable bonds is 11. The van der Waals surface area contributed by atoms with Gasteiger partial charge >= 0.3 is 0 Å². The van der Waals surface area contributed by atoms with E-state index in [2.05, 4.69) is 38.2 Å². The van der Waals surface area contributed by atoms with Gasteiger partial charge in [0.05, 0.1) is 12.1 Å². The smallest absolute Gasteiger partial charge is 0.0693 e. The lowest BCUT2D eigenvalue weighted by Crippen LogP contribution is -2.49. The summed E-state index contributed by atoms with van der Waals surface area (Å²) in [5.74, 6) is 0. The summed E-state index contributed by atoms with van der Waals surface area (Å²) in [6.45, 7) is 7.96. The summed E-state index contributed by atoms with van der Waals surface area (Å²) >= 11 is 0. The zero-order valence-electron chi connectivity index (χ0n) is 13.8. The lowest BCUT2D eigenvalue weighted by atomic mass is 9.87. The largest absolute Gasteiger partial charge is 0.394 e. The van der Waals surface area contributed by atoms with Crippen molar-refractivity contribution in [1.29, 1.82) is 0 Å². The van der Waals surface area contributed by atoms with Gasteiger partial charge in [0.1, 0.15) is 0 Å². The van der Waals surface area contributed by atoms with Gasteiger partial charge in [0.2, 0.25) is 0 Å². The number of aliphatic hydroxyl groups excluding tert-OH is 1. The van der Waals surface area contributed by atoms with Gasteiger partial charge in [-0.2, -0.15) is 0 Å². The molecule has 1 atom stereocenters. The van der Waals surface area contributed by atoms with Crippen LogP contribution in [0.2, 0.25) is 0 Å². The zero-order valence-corrected chi connectivity index (χ0v) is 13.8. The minimum absolute atomic E-state index is 0.0769. The molecule has 0 aromatic heterocycles. The minimum atomic E-state index is -0.416. The van der Waals surface area contributed by atoms with Crippen molar-refractivity contribution in [2.45, 2.75) is 58.0 Å². The summed E-state index contributed by atoms with van der Waals surface area (Å²) in [6.07, 6.45) is 4.32.